The van der Waals surface area contributed by atoms with E-state index in [1.54, 1.807) is 0 Å². The molecule has 3 heteroatoms. The standard InChI is InChI=1S/C9H20N2O/c10-8-2-5-9(11,6-3-8)4-1-7-12/h8,12H,1-7,10-11H2. The Morgan fingerprint density at radius 1 is 1.33 bits per heavy atom. The van der Waals surface area contributed by atoms with Crippen molar-refractivity contribution >= 4 is 0 Å². The van der Waals surface area contributed by atoms with Gasteiger partial charge in [0.15, 0.2) is 0 Å². The third-order valence-electron chi connectivity index (χ3n) is 2.86. The molecule has 0 spiro atoms. The third kappa shape index (κ3) is 2.73. The smallest absolute Gasteiger partial charge is 0.0431 e. The van der Waals surface area contributed by atoms with E-state index in [1.807, 2.05) is 0 Å². The van der Waals surface area contributed by atoms with Gasteiger partial charge in [0.2, 0.25) is 0 Å². The van der Waals surface area contributed by atoms with Crippen LogP contribution < -0.4 is 11.5 Å². The highest BCUT2D eigenvalue weighted by atomic mass is 16.2. The number of hydrogen-bond acceptors (Lipinski definition) is 3. The number of rotatable bonds is 3. The highest BCUT2D eigenvalue weighted by Crippen LogP contribution is 2.28. The summed E-state index contributed by atoms with van der Waals surface area (Å²) in [6.07, 6.45) is 5.90. The molecule has 1 rings (SSSR count). The Morgan fingerprint density at radius 2 is 1.92 bits per heavy atom. The van der Waals surface area contributed by atoms with Gasteiger partial charge in [-0.1, -0.05) is 0 Å². The minimum atomic E-state index is -0.0292. The topological polar surface area (TPSA) is 72.3 Å². The second-order valence-corrected chi connectivity index (χ2v) is 4.03. The van der Waals surface area contributed by atoms with Gasteiger partial charge in [0.25, 0.3) is 0 Å². The van der Waals surface area contributed by atoms with E-state index in [-0.39, 0.29) is 12.1 Å². The predicted molar refractivity (Wildman–Crippen MR) is 49.7 cm³/mol. The van der Waals surface area contributed by atoms with E-state index in [4.69, 9.17) is 16.6 Å². The Labute approximate surface area is 74.1 Å². The fraction of sp³-hybridized carbons (Fsp3) is 1.00. The SMILES string of the molecule is NC1CCC(N)(CCCO)CC1. The zero-order valence-electron chi connectivity index (χ0n) is 7.63. The van der Waals surface area contributed by atoms with Crippen molar-refractivity contribution in [2.24, 2.45) is 11.5 Å². The summed E-state index contributed by atoms with van der Waals surface area (Å²) in [5, 5.41) is 8.68. The average Bonchev–Trinajstić information content (AvgIpc) is 2.08. The Kier molecular flexibility index (Phi) is 3.50. The molecular weight excluding hydrogens is 152 g/mol. The molecule has 1 saturated carbocycles. The van der Waals surface area contributed by atoms with Gasteiger partial charge in [-0.3, -0.25) is 0 Å². The van der Waals surface area contributed by atoms with Crippen molar-refractivity contribution in [1.82, 2.24) is 0 Å². The van der Waals surface area contributed by atoms with Crippen LogP contribution in [-0.2, 0) is 0 Å². The first-order valence-electron chi connectivity index (χ1n) is 4.82. The van der Waals surface area contributed by atoms with Crippen molar-refractivity contribution in [1.29, 1.82) is 0 Å². The summed E-state index contributed by atoms with van der Waals surface area (Å²) in [4.78, 5) is 0. The van der Waals surface area contributed by atoms with Crippen LogP contribution in [0.5, 0.6) is 0 Å². The molecule has 0 unspecified atom stereocenters. The van der Waals surface area contributed by atoms with Crippen molar-refractivity contribution in [2.75, 3.05) is 6.61 Å². The molecule has 5 N–H and O–H groups in total. The summed E-state index contributed by atoms with van der Waals surface area (Å²) in [6, 6.07) is 0.357. The molecule has 0 radical (unpaired) electrons. The molecule has 1 aliphatic rings. The van der Waals surface area contributed by atoms with E-state index < -0.39 is 0 Å². The average molecular weight is 172 g/mol. The van der Waals surface area contributed by atoms with Crippen LogP contribution >= 0.6 is 0 Å². The van der Waals surface area contributed by atoms with E-state index >= 15 is 0 Å². The van der Waals surface area contributed by atoms with Crippen molar-refractivity contribution in [3.05, 3.63) is 0 Å². The molecule has 0 heterocycles. The maximum Gasteiger partial charge on any atom is 0.0431 e. The van der Waals surface area contributed by atoms with Gasteiger partial charge in [0, 0.05) is 18.2 Å². The van der Waals surface area contributed by atoms with Crippen LogP contribution in [0.3, 0.4) is 0 Å². The lowest BCUT2D eigenvalue weighted by Crippen LogP contribution is -2.46. The van der Waals surface area contributed by atoms with E-state index in [9.17, 15) is 0 Å². The monoisotopic (exact) mass is 172 g/mol. The largest absolute Gasteiger partial charge is 0.396 e. The molecule has 0 amide bonds. The van der Waals surface area contributed by atoms with Crippen LogP contribution in [0, 0.1) is 0 Å². The molecular formula is C9H20N2O. The first-order chi connectivity index (χ1) is 5.66. The van der Waals surface area contributed by atoms with E-state index in [2.05, 4.69) is 0 Å². The minimum absolute atomic E-state index is 0.0292. The van der Waals surface area contributed by atoms with Gasteiger partial charge < -0.3 is 16.6 Å². The zero-order valence-corrected chi connectivity index (χ0v) is 7.63. The summed E-state index contributed by atoms with van der Waals surface area (Å²) in [5.41, 5.74) is 11.9. The Bertz CT molecular complexity index is 125. The fourth-order valence-corrected chi connectivity index (χ4v) is 1.90. The van der Waals surface area contributed by atoms with E-state index in [0.29, 0.717) is 6.04 Å². The highest BCUT2D eigenvalue weighted by molar-refractivity contribution is 4.90. The molecule has 0 saturated heterocycles. The molecule has 72 valence electrons. The van der Waals surface area contributed by atoms with Gasteiger partial charge in [-0.05, 0) is 38.5 Å². The first kappa shape index (κ1) is 9.96. The molecule has 0 aliphatic heterocycles. The van der Waals surface area contributed by atoms with Gasteiger partial charge in [-0.2, -0.15) is 0 Å². The Morgan fingerprint density at radius 3 is 2.42 bits per heavy atom. The molecule has 1 fully saturated rings. The molecule has 12 heavy (non-hydrogen) atoms. The molecule has 1 aliphatic carbocycles. The van der Waals surface area contributed by atoms with Crippen LogP contribution in [-0.4, -0.2) is 23.3 Å². The molecule has 0 aromatic carbocycles. The number of aliphatic hydroxyl groups excluding tert-OH is 1. The number of aliphatic hydroxyl groups is 1. The maximum atomic E-state index is 8.68. The van der Waals surface area contributed by atoms with Crippen LogP contribution in [0.1, 0.15) is 38.5 Å². The fourth-order valence-electron chi connectivity index (χ4n) is 1.90. The highest BCUT2D eigenvalue weighted by Gasteiger charge is 2.29. The Hall–Kier alpha value is -0.120. The van der Waals surface area contributed by atoms with Crippen molar-refractivity contribution in [2.45, 2.75) is 50.1 Å². The van der Waals surface area contributed by atoms with Crippen LogP contribution in [0.4, 0.5) is 0 Å². The molecule has 0 aromatic rings. The van der Waals surface area contributed by atoms with Crippen molar-refractivity contribution < 1.29 is 5.11 Å². The summed E-state index contributed by atoms with van der Waals surface area (Å²) >= 11 is 0. The van der Waals surface area contributed by atoms with Crippen molar-refractivity contribution in [3.8, 4) is 0 Å². The summed E-state index contributed by atoms with van der Waals surface area (Å²) in [7, 11) is 0. The van der Waals surface area contributed by atoms with Gasteiger partial charge >= 0.3 is 0 Å². The lowest BCUT2D eigenvalue weighted by molar-refractivity contribution is 0.219. The second-order valence-electron chi connectivity index (χ2n) is 4.03. The summed E-state index contributed by atoms with van der Waals surface area (Å²) in [6.45, 7) is 0.255. The van der Waals surface area contributed by atoms with Gasteiger partial charge in [0.05, 0.1) is 0 Å². The number of hydrogen-bond donors (Lipinski definition) is 3. The van der Waals surface area contributed by atoms with Crippen LogP contribution in [0.15, 0.2) is 0 Å². The normalized spacial score (nSPS) is 36.8. The van der Waals surface area contributed by atoms with E-state index in [1.165, 1.54) is 0 Å². The molecule has 3 nitrogen and oxygen atoms in total. The lowest BCUT2D eigenvalue weighted by Gasteiger charge is -2.36. The van der Waals surface area contributed by atoms with Gasteiger partial charge in [0.1, 0.15) is 0 Å². The predicted octanol–water partition coefficient (Wildman–Crippen LogP) is 0.358. The minimum Gasteiger partial charge on any atom is -0.396 e. The van der Waals surface area contributed by atoms with E-state index in [0.717, 1.165) is 38.5 Å². The quantitative estimate of drug-likeness (QED) is 0.575. The first-order valence-corrected chi connectivity index (χ1v) is 4.82. The Balaban J connectivity index is 2.29. The van der Waals surface area contributed by atoms with Gasteiger partial charge in [-0.15, -0.1) is 0 Å². The summed E-state index contributed by atoms with van der Waals surface area (Å²) in [5.74, 6) is 0. The second kappa shape index (κ2) is 4.21. The van der Waals surface area contributed by atoms with Crippen LogP contribution in [0.2, 0.25) is 0 Å². The molecule has 0 atom stereocenters. The zero-order chi connectivity index (χ0) is 9.03. The summed E-state index contributed by atoms with van der Waals surface area (Å²) < 4.78 is 0. The van der Waals surface area contributed by atoms with Crippen molar-refractivity contribution in [3.63, 3.8) is 0 Å². The van der Waals surface area contributed by atoms with Gasteiger partial charge in [-0.25, -0.2) is 0 Å². The molecule has 0 bridgehead atoms. The third-order valence-corrected chi connectivity index (χ3v) is 2.86. The number of nitrogens with two attached hydrogens (primary N) is 2. The van der Waals surface area contributed by atoms with Crippen LogP contribution in [0.25, 0.3) is 0 Å². The lowest BCUT2D eigenvalue weighted by atomic mass is 9.78. The maximum absolute atomic E-state index is 8.68. The molecule has 0 aromatic heterocycles.